The van der Waals surface area contributed by atoms with Crippen molar-refractivity contribution in [2.24, 2.45) is 0 Å². The monoisotopic (exact) mass is 601 g/mol. The van der Waals surface area contributed by atoms with Crippen LogP contribution in [0.2, 0.25) is 0 Å². The molecule has 0 bridgehead atoms. The van der Waals surface area contributed by atoms with Crippen LogP contribution in [-0.4, -0.2) is 4.98 Å². The Bertz CT molecular complexity index is 2930. The van der Waals surface area contributed by atoms with E-state index < -0.39 is 0 Å². The maximum atomic E-state index is 6.32. The van der Waals surface area contributed by atoms with Crippen molar-refractivity contribution in [1.82, 2.24) is 4.98 Å². The third-order valence-corrected chi connectivity index (χ3v) is 10.9. The van der Waals surface area contributed by atoms with Gasteiger partial charge < -0.3 is 4.42 Å². The highest BCUT2D eigenvalue weighted by Crippen LogP contribution is 2.55. The highest BCUT2D eigenvalue weighted by Gasteiger charge is 2.28. The van der Waals surface area contributed by atoms with Crippen molar-refractivity contribution in [3.05, 3.63) is 140 Å². The lowest BCUT2D eigenvalue weighted by atomic mass is 9.92. The summed E-state index contributed by atoms with van der Waals surface area (Å²) in [4.78, 5) is 5.30. The number of thiazole rings is 1. The lowest BCUT2D eigenvalue weighted by Crippen LogP contribution is -1.86. The first-order chi connectivity index (χ1) is 22.8. The molecule has 2 heterocycles. The molecule has 0 radical (unpaired) electrons. The molecule has 0 amide bonds. The van der Waals surface area contributed by atoms with Crippen LogP contribution in [0.5, 0.6) is 0 Å². The van der Waals surface area contributed by atoms with Gasteiger partial charge in [0, 0.05) is 27.3 Å². The molecule has 2 aromatic heterocycles. The molecule has 8 aromatic carbocycles. The van der Waals surface area contributed by atoms with Gasteiger partial charge in [0.25, 0.3) is 0 Å². The van der Waals surface area contributed by atoms with Gasteiger partial charge >= 0.3 is 0 Å². The Morgan fingerprint density at radius 1 is 0.457 bits per heavy atom. The van der Waals surface area contributed by atoms with Crippen LogP contribution in [0.3, 0.4) is 0 Å². The van der Waals surface area contributed by atoms with Gasteiger partial charge in [-0.15, -0.1) is 11.3 Å². The molecule has 0 N–H and O–H groups in total. The number of hydrogen-bond donors (Lipinski definition) is 0. The van der Waals surface area contributed by atoms with Crippen LogP contribution in [0, 0.1) is 0 Å². The summed E-state index contributed by atoms with van der Waals surface area (Å²) in [5.74, 6) is 0. The quantitative estimate of drug-likeness (QED) is 0.184. The van der Waals surface area contributed by atoms with Crippen LogP contribution in [0.15, 0.2) is 144 Å². The summed E-state index contributed by atoms with van der Waals surface area (Å²) in [7, 11) is 0. The standard InChI is InChI=1S/C43H23NOS/c1-2-11-29-24(7-1)15-16-26-18-22-36-42(38(26)29)44-43(46-36)28-10-5-9-27(23-28)30-19-17-25-8-6-13-32-37(25)39(30)33-20-21-35-41(40(32)33)31-12-3-4-14-34(31)45-35/h1-23H. The van der Waals surface area contributed by atoms with E-state index in [2.05, 4.69) is 133 Å². The molecule has 46 heavy (non-hydrogen) atoms. The normalized spacial score (nSPS) is 12.3. The van der Waals surface area contributed by atoms with Gasteiger partial charge in [0.15, 0.2) is 0 Å². The first kappa shape index (κ1) is 24.5. The summed E-state index contributed by atoms with van der Waals surface area (Å²) in [6.45, 7) is 0. The van der Waals surface area contributed by atoms with Crippen LogP contribution >= 0.6 is 11.3 Å². The van der Waals surface area contributed by atoms with Crippen molar-refractivity contribution in [2.45, 2.75) is 0 Å². The van der Waals surface area contributed by atoms with E-state index >= 15 is 0 Å². The summed E-state index contributed by atoms with van der Waals surface area (Å²) >= 11 is 1.77. The zero-order valence-corrected chi connectivity index (χ0v) is 25.4. The number of para-hydroxylation sites is 1. The van der Waals surface area contributed by atoms with Crippen molar-refractivity contribution in [1.29, 1.82) is 0 Å². The molecule has 0 aliphatic heterocycles. The molecule has 11 rings (SSSR count). The maximum Gasteiger partial charge on any atom is 0.136 e. The Morgan fingerprint density at radius 3 is 2.15 bits per heavy atom. The Kier molecular flexibility index (Phi) is 4.75. The van der Waals surface area contributed by atoms with Gasteiger partial charge in [-0.3, -0.25) is 0 Å². The number of aromatic nitrogens is 1. The van der Waals surface area contributed by atoms with E-state index in [1.165, 1.54) is 81.2 Å². The molecule has 1 aliphatic carbocycles. The van der Waals surface area contributed by atoms with Crippen LogP contribution in [0.4, 0.5) is 0 Å². The van der Waals surface area contributed by atoms with E-state index in [0.717, 1.165) is 27.3 Å². The Morgan fingerprint density at radius 2 is 1.17 bits per heavy atom. The largest absolute Gasteiger partial charge is 0.456 e. The van der Waals surface area contributed by atoms with Crippen molar-refractivity contribution >= 4 is 75.8 Å². The molecule has 0 saturated carbocycles. The summed E-state index contributed by atoms with van der Waals surface area (Å²) in [5, 5.41) is 10.9. The maximum absolute atomic E-state index is 6.32. The lowest BCUT2D eigenvalue weighted by Gasteiger charge is -2.12. The molecule has 0 unspecified atom stereocenters. The molecule has 212 valence electrons. The molecule has 0 spiro atoms. The summed E-state index contributed by atoms with van der Waals surface area (Å²) in [6, 6.07) is 50.5. The number of hydrogen-bond acceptors (Lipinski definition) is 3. The molecular formula is C43H23NOS. The van der Waals surface area contributed by atoms with E-state index in [4.69, 9.17) is 9.40 Å². The molecule has 0 fully saturated rings. The minimum absolute atomic E-state index is 0.929. The van der Waals surface area contributed by atoms with E-state index in [-0.39, 0.29) is 0 Å². The van der Waals surface area contributed by atoms with Gasteiger partial charge in [0.05, 0.1) is 10.2 Å². The van der Waals surface area contributed by atoms with E-state index in [1.807, 2.05) is 6.07 Å². The zero-order chi connectivity index (χ0) is 29.9. The van der Waals surface area contributed by atoms with Crippen molar-refractivity contribution in [3.63, 3.8) is 0 Å². The fourth-order valence-electron chi connectivity index (χ4n) is 7.84. The first-order valence-corrected chi connectivity index (χ1v) is 16.4. The molecule has 3 heteroatoms. The highest BCUT2D eigenvalue weighted by molar-refractivity contribution is 7.21. The van der Waals surface area contributed by atoms with Crippen molar-refractivity contribution in [3.8, 4) is 44.0 Å². The average molecular weight is 602 g/mol. The van der Waals surface area contributed by atoms with E-state index in [9.17, 15) is 0 Å². The fraction of sp³-hybridized carbons (Fsp3) is 0. The minimum atomic E-state index is 0.929. The van der Waals surface area contributed by atoms with Gasteiger partial charge in [-0.2, -0.15) is 0 Å². The average Bonchev–Trinajstić information content (AvgIpc) is 3.81. The predicted octanol–water partition coefficient (Wildman–Crippen LogP) is 12.6. The van der Waals surface area contributed by atoms with Crippen LogP contribution in [0.25, 0.3) is 108 Å². The molecule has 10 aromatic rings. The molecular weight excluding hydrogens is 579 g/mol. The zero-order valence-electron chi connectivity index (χ0n) is 24.5. The topological polar surface area (TPSA) is 26.0 Å². The molecule has 1 aliphatic rings. The Balaban J connectivity index is 1.13. The number of fused-ring (bicyclic) bond motifs is 12. The number of nitrogens with zero attached hydrogens (tertiary/aromatic N) is 1. The first-order valence-electron chi connectivity index (χ1n) is 15.6. The number of benzene rings is 8. The Labute approximate surface area is 267 Å². The number of rotatable bonds is 2. The van der Waals surface area contributed by atoms with Crippen LogP contribution in [-0.2, 0) is 0 Å². The van der Waals surface area contributed by atoms with Gasteiger partial charge in [-0.05, 0) is 85.1 Å². The summed E-state index contributed by atoms with van der Waals surface area (Å²) < 4.78 is 7.53. The molecule has 0 atom stereocenters. The van der Waals surface area contributed by atoms with Crippen molar-refractivity contribution in [2.75, 3.05) is 0 Å². The molecule has 0 saturated heterocycles. The smallest absolute Gasteiger partial charge is 0.136 e. The van der Waals surface area contributed by atoms with Gasteiger partial charge in [0.2, 0.25) is 0 Å². The third-order valence-electron chi connectivity index (χ3n) is 9.81. The van der Waals surface area contributed by atoms with Gasteiger partial charge in [-0.1, -0.05) is 109 Å². The minimum Gasteiger partial charge on any atom is -0.456 e. The SMILES string of the molecule is c1cc(-c2nc3c(ccc4ccc5ccccc5c43)s2)cc(-c2ccc3cccc4c3c2-c2ccc3oc5ccccc5c3c2-4)c1. The summed E-state index contributed by atoms with van der Waals surface area (Å²) in [6.07, 6.45) is 0. The second-order valence-electron chi connectivity index (χ2n) is 12.2. The predicted molar refractivity (Wildman–Crippen MR) is 195 cm³/mol. The second-order valence-corrected chi connectivity index (χ2v) is 13.3. The lowest BCUT2D eigenvalue weighted by molar-refractivity contribution is 0.669. The van der Waals surface area contributed by atoms with Crippen LogP contribution in [0.1, 0.15) is 0 Å². The highest BCUT2D eigenvalue weighted by atomic mass is 32.1. The van der Waals surface area contributed by atoms with Gasteiger partial charge in [-0.25, -0.2) is 4.98 Å². The molecule has 2 nitrogen and oxygen atoms in total. The second kappa shape index (κ2) is 8.91. The van der Waals surface area contributed by atoms with Crippen molar-refractivity contribution < 1.29 is 4.42 Å². The van der Waals surface area contributed by atoms with Crippen LogP contribution < -0.4 is 0 Å². The van der Waals surface area contributed by atoms with E-state index in [0.29, 0.717) is 0 Å². The fourth-order valence-corrected chi connectivity index (χ4v) is 8.81. The third kappa shape index (κ3) is 3.22. The Hall–Kier alpha value is -5.77. The number of furan rings is 1. The van der Waals surface area contributed by atoms with E-state index in [1.54, 1.807) is 11.3 Å². The van der Waals surface area contributed by atoms with Gasteiger partial charge in [0.1, 0.15) is 16.2 Å². The summed E-state index contributed by atoms with van der Waals surface area (Å²) in [5.41, 5.74) is 11.6.